The number of anilines is 1. The van der Waals surface area contributed by atoms with Crippen molar-refractivity contribution in [1.82, 2.24) is 0 Å². The molecule has 0 radical (unpaired) electrons. The first-order valence-electron chi connectivity index (χ1n) is 5.36. The number of hydrogen-bond donors (Lipinski definition) is 1. The van der Waals surface area contributed by atoms with Gasteiger partial charge in [-0.25, -0.2) is 0 Å². The average Bonchev–Trinajstić information content (AvgIpc) is 2.77. The largest absolute Gasteiger partial charge is 0.497 e. The van der Waals surface area contributed by atoms with Crippen molar-refractivity contribution in [2.24, 2.45) is 0 Å². The maximum absolute atomic E-state index is 9.23. The molecule has 0 bridgehead atoms. The van der Waals surface area contributed by atoms with Crippen LogP contribution >= 0.6 is 0 Å². The monoisotopic (exact) mass is 207 g/mol. The van der Waals surface area contributed by atoms with Crippen LogP contribution < -0.4 is 9.64 Å². The molecular formula is C12H17NO2. The molecule has 1 aliphatic heterocycles. The Balaban J connectivity index is 2.14. The standard InChI is InChI=1S/C12H17NO2/c1-15-12-6-4-10(5-7-12)13-8-2-3-11(13)9-14/h4-7,11,14H,2-3,8-9H2,1H3. The zero-order chi connectivity index (χ0) is 10.7. The Bertz CT molecular complexity index is 310. The predicted molar refractivity (Wildman–Crippen MR) is 60.4 cm³/mol. The van der Waals surface area contributed by atoms with E-state index in [4.69, 9.17) is 4.74 Å². The second-order valence-electron chi connectivity index (χ2n) is 3.87. The summed E-state index contributed by atoms with van der Waals surface area (Å²) in [6.07, 6.45) is 2.25. The molecule has 1 aromatic rings. The van der Waals surface area contributed by atoms with Gasteiger partial charge in [0.1, 0.15) is 5.75 Å². The predicted octanol–water partition coefficient (Wildman–Crippen LogP) is 1.66. The minimum atomic E-state index is 0.242. The molecule has 1 fully saturated rings. The van der Waals surface area contributed by atoms with Crippen LogP contribution in [-0.4, -0.2) is 31.4 Å². The van der Waals surface area contributed by atoms with Crippen molar-refractivity contribution in [3.05, 3.63) is 24.3 Å². The van der Waals surface area contributed by atoms with Crippen LogP contribution in [0.5, 0.6) is 5.75 Å². The van der Waals surface area contributed by atoms with Crippen molar-refractivity contribution >= 4 is 5.69 Å². The molecule has 1 N–H and O–H groups in total. The number of nitrogens with zero attached hydrogens (tertiary/aromatic N) is 1. The Morgan fingerprint density at radius 3 is 2.73 bits per heavy atom. The molecule has 1 unspecified atom stereocenters. The lowest BCUT2D eigenvalue weighted by molar-refractivity contribution is 0.266. The van der Waals surface area contributed by atoms with E-state index in [1.165, 1.54) is 5.69 Å². The van der Waals surface area contributed by atoms with E-state index in [0.717, 1.165) is 25.1 Å². The number of aliphatic hydroxyl groups is 1. The molecule has 0 spiro atoms. The van der Waals surface area contributed by atoms with Crippen molar-refractivity contribution < 1.29 is 9.84 Å². The minimum absolute atomic E-state index is 0.242. The Labute approximate surface area is 90.3 Å². The summed E-state index contributed by atoms with van der Waals surface area (Å²) in [6, 6.07) is 8.31. The van der Waals surface area contributed by atoms with Gasteiger partial charge in [0, 0.05) is 12.2 Å². The van der Waals surface area contributed by atoms with E-state index in [1.807, 2.05) is 24.3 Å². The second kappa shape index (κ2) is 4.53. The van der Waals surface area contributed by atoms with E-state index in [0.29, 0.717) is 6.04 Å². The highest BCUT2D eigenvalue weighted by molar-refractivity contribution is 5.50. The van der Waals surface area contributed by atoms with Crippen LogP contribution in [-0.2, 0) is 0 Å². The molecule has 0 amide bonds. The molecule has 3 heteroatoms. The summed E-state index contributed by atoms with van der Waals surface area (Å²) in [7, 11) is 1.67. The lowest BCUT2D eigenvalue weighted by Crippen LogP contribution is -2.31. The van der Waals surface area contributed by atoms with Gasteiger partial charge in [0.2, 0.25) is 0 Å². The molecule has 82 valence electrons. The summed E-state index contributed by atoms with van der Waals surface area (Å²) < 4.78 is 5.12. The molecule has 3 nitrogen and oxygen atoms in total. The van der Waals surface area contributed by atoms with Crippen LogP contribution in [0, 0.1) is 0 Å². The summed E-state index contributed by atoms with van der Waals surface area (Å²) in [5, 5.41) is 9.23. The minimum Gasteiger partial charge on any atom is -0.497 e. The highest BCUT2D eigenvalue weighted by atomic mass is 16.5. The van der Waals surface area contributed by atoms with Gasteiger partial charge in [-0.15, -0.1) is 0 Å². The zero-order valence-electron chi connectivity index (χ0n) is 9.02. The van der Waals surface area contributed by atoms with E-state index < -0.39 is 0 Å². The molecular weight excluding hydrogens is 190 g/mol. The molecule has 0 saturated carbocycles. The molecule has 1 aromatic carbocycles. The zero-order valence-corrected chi connectivity index (χ0v) is 9.02. The Morgan fingerprint density at radius 1 is 1.40 bits per heavy atom. The third-order valence-corrected chi connectivity index (χ3v) is 2.99. The molecule has 1 heterocycles. The van der Waals surface area contributed by atoms with E-state index in [2.05, 4.69) is 4.90 Å². The summed E-state index contributed by atoms with van der Waals surface area (Å²) in [5.74, 6) is 0.874. The molecule has 1 saturated heterocycles. The molecule has 1 aliphatic rings. The van der Waals surface area contributed by atoms with Crippen molar-refractivity contribution in [1.29, 1.82) is 0 Å². The molecule has 15 heavy (non-hydrogen) atoms. The number of aliphatic hydroxyl groups excluding tert-OH is 1. The lowest BCUT2D eigenvalue weighted by Gasteiger charge is -2.25. The van der Waals surface area contributed by atoms with Gasteiger partial charge >= 0.3 is 0 Å². The molecule has 0 aliphatic carbocycles. The third kappa shape index (κ3) is 2.07. The fourth-order valence-corrected chi connectivity index (χ4v) is 2.14. The van der Waals surface area contributed by atoms with Crippen LogP contribution in [0.4, 0.5) is 5.69 Å². The van der Waals surface area contributed by atoms with E-state index in [9.17, 15) is 5.11 Å². The summed E-state index contributed by atoms with van der Waals surface area (Å²) >= 11 is 0. The van der Waals surface area contributed by atoms with Crippen molar-refractivity contribution in [3.63, 3.8) is 0 Å². The van der Waals surface area contributed by atoms with Gasteiger partial charge in [0.25, 0.3) is 0 Å². The highest BCUT2D eigenvalue weighted by Crippen LogP contribution is 2.26. The number of hydrogen-bond acceptors (Lipinski definition) is 3. The van der Waals surface area contributed by atoms with Crippen LogP contribution in [0.1, 0.15) is 12.8 Å². The number of benzene rings is 1. The van der Waals surface area contributed by atoms with Gasteiger partial charge < -0.3 is 14.7 Å². The molecule has 0 aromatic heterocycles. The van der Waals surface area contributed by atoms with Gasteiger partial charge in [-0.2, -0.15) is 0 Å². The SMILES string of the molecule is COc1ccc(N2CCCC2CO)cc1. The normalized spacial score (nSPS) is 20.7. The van der Waals surface area contributed by atoms with Crippen molar-refractivity contribution in [2.45, 2.75) is 18.9 Å². The van der Waals surface area contributed by atoms with Crippen molar-refractivity contribution in [2.75, 3.05) is 25.2 Å². The smallest absolute Gasteiger partial charge is 0.119 e. The Kier molecular flexibility index (Phi) is 3.11. The first-order chi connectivity index (χ1) is 7.35. The fourth-order valence-electron chi connectivity index (χ4n) is 2.14. The third-order valence-electron chi connectivity index (χ3n) is 2.99. The van der Waals surface area contributed by atoms with Crippen molar-refractivity contribution in [3.8, 4) is 5.75 Å². The quantitative estimate of drug-likeness (QED) is 0.818. The summed E-state index contributed by atoms with van der Waals surface area (Å²) in [5.41, 5.74) is 1.17. The van der Waals surface area contributed by atoms with Gasteiger partial charge in [-0.05, 0) is 37.1 Å². The summed E-state index contributed by atoms with van der Waals surface area (Å²) in [6.45, 7) is 1.28. The van der Waals surface area contributed by atoms with Gasteiger partial charge in [0.15, 0.2) is 0 Å². The average molecular weight is 207 g/mol. The topological polar surface area (TPSA) is 32.7 Å². The number of rotatable bonds is 3. The van der Waals surface area contributed by atoms with E-state index in [1.54, 1.807) is 7.11 Å². The van der Waals surface area contributed by atoms with Gasteiger partial charge in [-0.3, -0.25) is 0 Å². The number of ether oxygens (including phenoxy) is 1. The van der Waals surface area contributed by atoms with Gasteiger partial charge in [0.05, 0.1) is 19.8 Å². The van der Waals surface area contributed by atoms with E-state index >= 15 is 0 Å². The van der Waals surface area contributed by atoms with Gasteiger partial charge in [-0.1, -0.05) is 0 Å². The maximum Gasteiger partial charge on any atom is 0.119 e. The van der Waals surface area contributed by atoms with Crippen LogP contribution in [0.2, 0.25) is 0 Å². The Hall–Kier alpha value is -1.22. The second-order valence-corrected chi connectivity index (χ2v) is 3.87. The fraction of sp³-hybridized carbons (Fsp3) is 0.500. The maximum atomic E-state index is 9.23. The number of methoxy groups -OCH3 is 1. The van der Waals surface area contributed by atoms with Crippen LogP contribution in [0.25, 0.3) is 0 Å². The highest BCUT2D eigenvalue weighted by Gasteiger charge is 2.23. The summed E-state index contributed by atoms with van der Waals surface area (Å²) in [4.78, 5) is 2.26. The molecule has 2 rings (SSSR count). The first-order valence-corrected chi connectivity index (χ1v) is 5.36. The lowest BCUT2D eigenvalue weighted by atomic mass is 10.2. The van der Waals surface area contributed by atoms with E-state index in [-0.39, 0.29) is 6.61 Å². The van der Waals surface area contributed by atoms with Crippen LogP contribution in [0.3, 0.4) is 0 Å². The Morgan fingerprint density at radius 2 is 2.13 bits per heavy atom. The molecule has 1 atom stereocenters. The van der Waals surface area contributed by atoms with Crippen LogP contribution in [0.15, 0.2) is 24.3 Å². The first kappa shape index (κ1) is 10.3.